The lowest BCUT2D eigenvalue weighted by Gasteiger charge is -2.34. The Bertz CT molecular complexity index is 1010. The Morgan fingerprint density at radius 3 is 3.11 bits per heavy atom. The molecule has 1 atom stereocenters. The summed E-state index contributed by atoms with van der Waals surface area (Å²) in [5.74, 6) is 1.49. The maximum Gasteiger partial charge on any atom is 0.239 e. The minimum absolute atomic E-state index is 0.0404. The van der Waals surface area contributed by atoms with E-state index < -0.39 is 4.87 Å². The van der Waals surface area contributed by atoms with Crippen LogP contribution in [0.4, 0.5) is 5.69 Å². The zero-order valence-electron chi connectivity index (χ0n) is 14.3. The molecule has 27 heavy (non-hydrogen) atoms. The molecule has 0 fully saturated rings. The molecule has 4 aliphatic rings. The largest absolute Gasteiger partial charge is 0.479 e. The molecular weight excluding hydrogens is 366 g/mol. The fourth-order valence-electron chi connectivity index (χ4n) is 3.17. The Morgan fingerprint density at radius 1 is 1.33 bits per heavy atom. The van der Waals surface area contributed by atoms with E-state index in [1.807, 2.05) is 30.4 Å². The van der Waals surface area contributed by atoms with Gasteiger partial charge in [-0.15, -0.1) is 0 Å². The van der Waals surface area contributed by atoms with Crippen LogP contribution in [0.15, 0.2) is 63.5 Å². The van der Waals surface area contributed by atoms with E-state index in [1.165, 1.54) is 18.9 Å². The van der Waals surface area contributed by atoms with E-state index >= 15 is 0 Å². The fourth-order valence-corrected chi connectivity index (χ4v) is 4.33. The number of hydrogen-bond donors (Lipinski definition) is 3. The summed E-state index contributed by atoms with van der Waals surface area (Å²) >= 11 is 1.44. The van der Waals surface area contributed by atoms with Gasteiger partial charge in [0.15, 0.2) is 21.4 Å². The van der Waals surface area contributed by atoms with Crippen molar-refractivity contribution in [2.45, 2.75) is 4.87 Å². The van der Waals surface area contributed by atoms with Crippen molar-refractivity contribution in [3.8, 4) is 11.5 Å². The second kappa shape index (κ2) is 5.92. The Morgan fingerprint density at radius 2 is 2.22 bits per heavy atom. The highest BCUT2D eigenvalue weighted by molar-refractivity contribution is 8.17. The minimum atomic E-state index is -0.581. The summed E-state index contributed by atoms with van der Waals surface area (Å²) in [7, 11) is 1.47. The number of ether oxygens (including phenoxy) is 3. The third-order valence-electron chi connectivity index (χ3n) is 4.46. The third-order valence-corrected chi connectivity index (χ3v) is 5.80. The predicted molar refractivity (Wildman–Crippen MR) is 105 cm³/mol. The highest BCUT2D eigenvalue weighted by Crippen LogP contribution is 2.48. The van der Waals surface area contributed by atoms with Crippen LogP contribution in [0.25, 0.3) is 0 Å². The Labute approximate surface area is 159 Å². The van der Waals surface area contributed by atoms with Crippen LogP contribution in [0, 0.1) is 5.41 Å². The Hall–Kier alpha value is -3.20. The quantitative estimate of drug-likeness (QED) is 0.550. The number of allylic oxidation sites excluding steroid dienone is 1. The zero-order chi connectivity index (χ0) is 18.4. The van der Waals surface area contributed by atoms with Crippen molar-refractivity contribution in [2.24, 2.45) is 9.98 Å². The van der Waals surface area contributed by atoms with Gasteiger partial charge in [-0.2, -0.15) is 0 Å². The zero-order valence-corrected chi connectivity index (χ0v) is 15.1. The fraction of sp³-hybridized carbons (Fsp3) is 0.167. The van der Waals surface area contributed by atoms with Gasteiger partial charge in [0.05, 0.1) is 19.1 Å². The molecule has 9 heteroatoms. The first-order valence-corrected chi connectivity index (χ1v) is 9.01. The smallest absolute Gasteiger partial charge is 0.239 e. The molecule has 3 heterocycles. The average molecular weight is 381 g/mol. The van der Waals surface area contributed by atoms with Gasteiger partial charge in [-0.3, -0.25) is 5.41 Å². The van der Waals surface area contributed by atoms with Crippen LogP contribution < -0.4 is 20.1 Å². The standard InChI is InChI=1S/C18H15N5O3S/c1-24-16(19)17-23-15-6-12(4-10-7-20-8-21-18(10,15)27-17)22-11-2-3-13-14(5-11)26-9-25-13/h2-8,19,22H,9H2,1H3,(H,20,21). The van der Waals surface area contributed by atoms with Crippen LogP contribution in [-0.2, 0) is 4.74 Å². The molecule has 5 rings (SSSR count). The molecule has 3 aliphatic heterocycles. The van der Waals surface area contributed by atoms with Gasteiger partial charge in [-0.25, -0.2) is 9.98 Å². The molecule has 0 saturated carbocycles. The number of fused-ring (bicyclic) bond motifs is 1. The number of hydrogen-bond acceptors (Lipinski definition) is 9. The lowest BCUT2D eigenvalue weighted by molar-refractivity contribution is 0.174. The summed E-state index contributed by atoms with van der Waals surface area (Å²) < 4.78 is 15.8. The van der Waals surface area contributed by atoms with Crippen LogP contribution in [0.3, 0.4) is 0 Å². The van der Waals surface area contributed by atoms with Gasteiger partial charge in [0.2, 0.25) is 12.7 Å². The van der Waals surface area contributed by atoms with Gasteiger partial charge in [0, 0.05) is 29.2 Å². The highest BCUT2D eigenvalue weighted by atomic mass is 32.2. The lowest BCUT2D eigenvalue weighted by atomic mass is 9.96. The van der Waals surface area contributed by atoms with Gasteiger partial charge >= 0.3 is 0 Å². The molecule has 0 bridgehead atoms. The summed E-state index contributed by atoms with van der Waals surface area (Å²) in [5.41, 5.74) is 3.47. The maximum absolute atomic E-state index is 7.95. The number of anilines is 1. The second-order valence-electron chi connectivity index (χ2n) is 6.06. The molecule has 8 nitrogen and oxygen atoms in total. The molecule has 0 amide bonds. The topological polar surface area (TPSA) is 100 Å². The molecule has 0 radical (unpaired) electrons. The van der Waals surface area contributed by atoms with E-state index in [0.717, 1.165) is 28.4 Å². The van der Waals surface area contributed by atoms with Crippen LogP contribution in [0.2, 0.25) is 0 Å². The summed E-state index contributed by atoms with van der Waals surface area (Å²) in [6.45, 7) is 0.241. The van der Waals surface area contributed by atoms with Crippen molar-refractivity contribution < 1.29 is 14.2 Å². The van der Waals surface area contributed by atoms with Crippen molar-refractivity contribution in [1.29, 1.82) is 5.41 Å². The molecule has 1 aromatic carbocycles. The number of benzene rings is 1. The SMILES string of the molecule is COC(=N)C1=NC2=CC(Nc3ccc4c(c3)OCO4)=CC3=CN=CNC32S1. The number of nitrogens with zero attached hydrogens (tertiary/aromatic N) is 2. The number of rotatable bonds is 3. The van der Waals surface area contributed by atoms with Crippen LogP contribution in [0.5, 0.6) is 11.5 Å². The monoisotopic (exact) mass is 381 g/mol. The summed E-state index contributed by atoms with van der Waals surface area (Å²) in [6, 6.07) is 5.70. The number of methoxy groups -OCH3 is 1. The minimum Gasteiger partial charge on any atom is -0.479 e. The Kier molecular flexibility index (Phi) is 3.51. The van der Waals surface area contributed by atoms with Crippen molar-refractivity contribution in [1.82, 2.24) is 5.32 Å². The molecule has 1 aliphatic carbocycles. The van der Waals surface area contributed by atoms with Gasteiger partial charge < -0.3 is 24.8 Å². The summed E-state index contributed by atoms with van der Waals surface area (Å²) in [5, 5.41) is 15.1. The van der Waals surface area contributed by atoms with Gasteiger partial charge in [-0.05, 0) is 24.3 Å². The van der Waals surface area contributed by atoms with Crippen LogP contribution >= 0.6 is 11.8 Å². The van der Waals surface area contributed by atoms with Crippen molar-refractivity contribution >= 4 is 34.7 Å². The van der Waals surface area contributed by atoms with Crippen LogP contribution in [-0.4, -0.2) is 36.1 Å². The maximum atomic E-state index is 7.95. The van der Waals surface area contributed by atoms with Gasteiger partial charge in [-0.1, -0.05) is 11.8 Å². The van der Waals surface area contributed by atoms with Crippen molar-refractivity contribution in [3.63, 3.8) is 0 Å². The first-order valence-electron chi connectivity index (χ1n) is 8.19. The predicted octanol–water partition coefficient (Wildman–Crippen LogP) is 2.59. The Balaban J connectivity index is 1.50. The first-order chi connectivity index (χ1) is 13.2. The lowest BCUT2D eigenvalue weighted by Crippen LogP contribution is -2.45. The van der Waals surface area contributed by atoms with E-state index in [1.54, 1.807) is 12.5 Å². The van der Waals surface area contributed by atoms with Crippen molar-refractivity contribution in [2.75, 3.05) is 19.2 Å². The van der Waals surface area contributed by atoms with E-state index in [0.29, 0.717) is 10.8 Å². The number of thioether (sulfide) groups is 1. The molecule has 136 valence electrons. The number of nitrogens with one attached hydrogen (secondary N) is 3. The van der Waals surface area contributed by atoms with E-state index in [2.05, 4.69) is 20.6 Å². The normalized spacial score (nSPS) is 23.9. The highest BCUT2D eigenvalue weighted by Gasteiger charge is 2.48. The average Bonchev–Trinajstić information content (AvgIpc) is 3.29. The number of aliphatic imine (C=N–C) groups is 2. The van der Waals surface area contributed by atoms with E-state index in [-0.39, 0.29) is 12.7 Å². The third kappa shape index (κ3) is 2.50. The molecule has 3 N–H and O–H groups in total. The summed E-state index contributed by atoms with van der Waals surface area (Å²) in [6.07, 6.45) is 7.41. The molecule has 1 unspecified atom stereocenters. The first kappa shape index (κ1) is 16.0. The van der Waals surface area contributed by atoms with E-state index in [4.69, 9.17) is 19.6 Å². The van der Waals surface area contributed by atoms with Gasteiger partial charge in [0.1, 0.15) is 0 Å². The van der Waals surface area contributed by atoms with Crippen molar-refractivity contribution in [3.05, 3.63) is 53.5 Å². The molecule has 0 aromatic heterocycles. The van der Waals surface area contributed by atoms with Crippen LogP contribution in [0.1, 0.15) is 0 Å². The molecule has 1 spiro atoms. The molecular formula is C18H15N5O3S. The molecule has 1 aromatic rings. The van der Waals surface area contributed by atoms with E-state index in [9.17, 15) is 0 Å². The summed E-state index contributed by atoms with van der Waals surface area (Å²) in [4.78, 5) is 8.24. The molecule has 0 saturated heterocycles. The van der Waals surface area contributed by atoms with Gasteiger partial charge in [0.25, 0.3) is 0 Å². The second-order valence-corrected chi connectivity index (χ2v) is 7.27.